The number of guanidine groups is 1. The smallest absolute Gasteiger partial charge is 0.193 e. The molecule has 1 fully saturated rings. The summed E-state index contributed by atoms with van der Waals surface area (Å²) in [6.07, 6.45) is 2.41. The highest BCUT2D eigenvalue weighted by molar-refractivity contribution is 14.0. The molecular weight excluding hydrogens is 499 g/mol. The molecule has 0 amide bonds. The van der Waals surface area contributed by atoms with Gasteiger partial charge in [0.15, 0.2) is 5.96 Å². The van der Waals surface area contributed by atoms with E-state index in [4.69, 9.17) is 9.47 Å². The number of rotatable bonds is 8. The maximum absolute atomic E-state index is 5.35. The van der Waals surface area contributed by atoms with Crippen LogP contribution in [0.25, 0.3) is 0 Å². The third kappa shape index (κ3) is 5.82. The summed E-state index contributed by atoms with van der Waals surface area (Å²) in [5.41, 5.74) is 2.59. The zero-order chi connectivity index (χ0) is 20.1. The molecule has 1 unspecified atom stereocenters. The molecule has 8 heteroatoms. The van der Waals surface area contributed by atoms with Crippen molar-refractivity contribution >= 4 is 41.3 Å². The highest BCUT2D eigenvalue weighted by Gasteiger charge is 2.44. The second-order valence-corrected chi connectivity index (χ2v) is 8.21. The monoisotopic (exact) mass is 530 g/mol. The molecule has 0 spiro atoms. The van der Waals surface area contributed by atoms with E-state index in [1.807, 2.05) is 33.2 Å². The van der Waals surface area contributed by atoms with Gasteiger partial charge in [0.25, 0.3) is 0 Å². The lowest BCUT2D eigenvalue weighted by atomic mass is 9.96. The molecule has 0 radical (unpaired) electrons. The molecule has 6 nitrogen and oxygen atoms in total. The van der Waals surface area contributed by atoms with Crippen molar-refractivity contribution in [3.05, 3.63) is 45.9 Å². The van der Waals surface area contributed by atoms with Gasteiger partial charge in [0.2, 0.25) is 0 Å². The average molecular weight is 530 g/mol. The zero-order valence-corrected chi connectivity index (χ0v) is 20.9. The number of nitrogens with one attached hydrogen (secondary N) is 1. The Morgan fingerprint density at radius 1 is 1.31 bits per heavy atom. The molecule has 1 N–H and O–H groups in total. The van der Waals surface area contributed by atoms with Gasteiger partial charge in [0.1, 0.15) is 16.9 Å². The van der Waals surface area contributed by atoms with Crippen molar-refractivity contribution in [2.45, 2.75) is 37.8 Å². The van der Waals surface area contributed by atoms with E-state index in [9.17, 15) is 0 Å². The van der Waals surface area contributed by atoms with Gasteiger partial charge in [-0.25, -0.2) is 4.98 Å². The van der Waals surface area contributed by atoms with Crippen molar-refractivity contribution in [2.24, 2.45) is 4.99 Å². The molecular formula is C21H31IN4O2S. The summed E-state index contributed by atoms with van der Waals surface area (Å²) < 4.78 is 10.6. The molecule has 160 valence electrons. The van der Waals surface area contributed by atoms with E-state index in [0.717, 1.165) is 29.0 Å². The van der Waals surface area contributed by atoms with Gasteiger partial charge in [-0.05, 0) is 37.5 Å². The van der Waals surface area contributed by atoms with Gasteiger partial charge in [0.05, 0.1) is 19.3 Å². The summed E-state index contributed by atoms with van der Waals surface area (Å²) in [6, 6.07) is 8.43. The lowest BCUT2D eigenvalue weighted by Crippen LogP contribution is -2.42. The number of methoxy groups -OCH3 is 2. The normalized spacial score (nSPS) is 16.0. The molecule has 3 rings (SSSR count). The Morgan fingerprint density at radius 2 is 2.00 bits per heavy atom. The molecule has 0 bridgehead atoms. The van der Waals surface area contributed by atoms with E-state index in [1.54, 1.807) is 25.6 Å². The summed E-state index contributed by atoms with van der Waals surface area (Å²) >= 11 is 1.64. The molecule has 0 aliphatic heterocycles. The summed E-state index contributed by atoms with van der Waals surface area (Å²) in [5, 5.41) is 6.65. The third-order valence-electron chi connectivity index (χ3n) is 5.38. The molecule has 1 aliphatic carbocycles. The number of aromatic nitrogens is 1. The summed E-state index contributed by atoms with van der Waals surface area (Å²) in [5.74, 6) is 1.78. The molecule has 1 atom stereocenters. The first-order valence-electron chi connectivity index (χ1n) is 9.55. The fourth-order valence-corrected chi connectivity index (χ4v) is 4.14. The lowest BCUT2D eigenvalue weighted by molar-refractivity contribution is 0.119. The Kier molecular flexibility index (Phi) is 8.72. The van der Waals surface area contributed by atoms with E-state index < -0.39 is 0 Å². The highest BCUT2D eigenvalue weighted by Crippen LogP contribution is 2.47. The fraction of sp³-hybridized carbons (Fsp3) is 0.524. The molecule has 0 saturated heterocycles. The van der Waals surface area contributed by atoms with Crippen molar-refractivity contribution in [1.82, 2.24) is 15.2 Å². The van der Waals surface area contributed by atoms with Crippen molar-refractivity contribution in [2.75, 3.05) is 34.9 Å². The van der Waals surface area contributed by atoms with Crippen LogP contribution in [-0.2, 0) is 16.7 Å². The van der Waals surface area contributed by atoms with E-state index in [0.29, 0.717) is 6.54 Å². The van der Waals surface area contributed by atoms with Crippen LogP contribution in [0.2, 0.25) is 0 Å². The van der Waals surface area contributed by atoms with Crippen molar-refractivity contribution in [1.29, 1.82) is 0 Å². The number of benzene rings is 1. The second-order valence-electron chi connectivity index (χ2n) is 7.32. The zero-order valence-electron chi connectivity index (χ0n) is 17.8. The molecule has 1 saturated carbocycles. The first-order chi connectivity index (χ1) is 13.5. The van der Waals surface area contributed by atoms with E-state index in [2.05, 4.69) is 37.7 Å². The molecule has 1 aliphatic rings. The lowest BCUT2D eigenvalue weighted by Gasteiger charge is -2.24. The molecule has 1 aromatic heterocycles. The van der Waals surface area contributed by atoms with Crippen LogP contribution in [0.5, 0.6) is 5.75 Å². The van der Waals surface area contributed by atoms with Crippen molar-refractivity contribution in [3.63, 3.8) is 0 Å². The first-order valence-corrected chi connectivity index (χ1v) is 10.4. The quantitative estimate of drug-likeness (QED) is 0.315. The molecule has 1 aromatic carbocycles. The summed E-state index contributed by atoms with van der Waals surface area (Å²) in [4.78, 5) is 11.2. The summed E-state index contributed by atoms with van der Waals surface area (Å²) in [7, 11) is 7.27. The van der Waals surface area contributed by atoms with Gasteiger partial charge in [-0.1, -0.05) is 12.1 Å². The van der Waals surface area contributed by atoms with Crippen LogP contribution in [0.4, 0.5) is 0 Å². The SMILES string of the molecule is CN=C(NCC1(c2ccc(OC)cc2)CC1)N(C)Cc1csc(C(C)OC)n1.I. The first kappa shape index (κ1) is 23.9. The Labute approximate surface area is 194 Å². The van der Waals surface area contributed by atoms with Crippen molar-refractivity contribution in [3.8, 4) is 5.75 Å². The Hall–Kier alpha value is -1.39. The largest absolute Gasteiger partial charge is 0.497 e. The second kappa shape index (κ2) is 10.6. The van der Waals surface area contributed by atoms with E-state index >= 15 is 0 Å². The van der Waals surface area contributed by atoms with Crippen LogP contribution in [0.1, 0.15) is 42.1 Å². The van der Waals surface area contributed by atoms with Crippen LogP contribution in [0, 0.1) is 0 Å². The minimum Gasteiger partial charge on any atom is -0.497 e. The van der Waals surface area contributed by atoms with Crippen LogP contribution in [-0.4, -0.2) is 50.7 Å². The van der Waals surface area contributed by atoms with E-state index in [1.165, 1.54) is 18.4 Å². The summed E-state index contributed by atoms with van der Waals surface area (Å²) in [6.45, 7) is 3.60. The standard InChI is InChI=1S/C21H30N4O2S.HI/c1-15(26-4)19-24-17(13-28-19)12-25(3)20(22-2)23-14-21(10-11-21)16-6-8-18(27-5)9-7-16;/h6-9,13,15H,10-12,14H2,1-5H3,(H,22,23);1H. The van der Waals surface area contributed by atoms with Gasteiger partial charge in [0, 0.05) is 38.5 Å². The number of thiazole rings is 1. The van der Waals surface area contributed by atoms with E-state index in [-0.39, 0.29) is 35.5 Å². The highest BCUT2D eigenvalue weighted by atomic mass is 127. The number of hydrogen-bond donors (Lipinski definition) is 1. The number of halogens is 1. The van der Waals surface area contributed by atoms with Gasteiger partial charge in [-0.15, -0.1) is 35.3 Å². The van der Waals surface area contributed by atoms with Crippen LogP contribution in [0.15, 0.2) is 34.6 Å². The average Bonchev–Trinajstić information content (AvgIpc) is 3.38. The number of nitrogens with zero attached hydrogens (tertiary/aromatic N) is 3. The maximum atomic E-state index is 5.35. The van der Waals surface area contributed by atoms with Gasteiger partial charge in [-0.2, -0.15) is 0 Å². The van der Waals surface area contributed by atoms with Gasteiger partial charge in [-0.3, -0.25) is 4.99 Å². The van der Waals surface area contributed by atoms with Gasteiger partial charge >= 0.3 is 0 Å². The van der Waals surface area contributed by atoms with Crippen LogP contribution in [0.3, 0.4) is 0 Å². The molecule has 2 aromatic rings. The third-order valence-corrected chi connectivity index (χ3v) is 6.44. The predicted octanol–water partition coefficient (Wildman–Crippen LogP) is 4.22. The number of ether oxygens (including phenoxy) is 2. The molecule has 1 heterocycles. The minimum atomic E-state index is 0. The topological polar surface area (TPSA) is 59.0 Å². The number of aliphatic imine (C=N–C) groups is 1. The molecule has 29 heavy (non-hydrogen) atoms. The van der Waals surface area contributed by atoms with Crippen LogP contribution >= 0.6 is 35.3 Å². The Morgan fingerprint density at radius 3 is 2.55 bits per heavy atom. The predicted molar refractivity (Wildman–Crippen MR) is 130 cm³/mol. The van der Waals surface area contributed by atoms with Crippen LogP contribution < -0.4 is 10.1 Å². The van der Waals surface area contributed by atoms with Crippen molar-refractivity contribution < 1.29 is 9.47 Å². The fourth-order valence-electron chi connectivity index (χ4n) is 3.30. The number of hydrogen-bond acceptors (Lipinski definition) is 5. The minimum absolute atomic E-state index is 0. The maximum Gasteiger partial charge on any atom is 0.193 e. The Bertz CT molecular complexity index is 805. The Balaban J connectivity index is 0.00000300. The van der Waals surface area contributed by atoms with Gasteiger partial charge < -0.3 is 19.7 Å².